The molecule has 0 aliphatic carbocycles. The summed E-state index contributed by atoms with van der Waals surface area (Å²) in [4.78, 5) is 0. The zero-order valence-corrected chi connectivity index (χ0v) is 28.8. The topological polar surface area (TPSA) is 0 Å². The average molecular weight is 579 g/mol. The van der Waals surface area contributed by atoms with Crippen molar-refractivity contribution in [3.8, 4) is 0 Å². The summed E-state index contributed by atoms with van der Waals surface area (Å²) in [6.45, 7) is 6.86. The summed E-state index contributed by atoms with van der Waals surface area (Å²) >= 11 is 6.63. The van der Waals surface area contributed by atoms with Crippen LogP contribution in [0.1, 0.15) is 213 Å². The lowest BCUT2D eigenvalue weighted by atomic mass is 10.0. The highest BCUT2D eigenvalue weighted by Gasteiger charge is 2.07. The fourth-order valence-corrected chi connectivity index (χ4v) is 5.92. The summed E-state index contributed by atoms with van der Waals surface area (Å²) in [5.74, 6) is 0.431. The van der Waals surface area contributed by atoms with Crippen LogP contribution in [0.15, 0.2) is 24.3 Å². The first-order valence-electron chi connectivity index (χ1n) is 18.7. The summed E-state index contributed by atoms with van der Waals surface area (Å²) < 4.78 is 0. The van der Waals surface area contributed by atoms with Crippen LogP contribution in [-0.4, -0.2) is 5.38 Å². The van der Waals surface area contributed by atoms with Crippen molar-refractivity contribution in [3.05, 3.63) is 24.3 Å². The second kappa shape index (κ2) is 35.0. The Morgan fingerprint density at radius 1 is 0.375 bits per heavy atom. The zero-order valence-electron chi connectivity index (χ0n) is 28.1. The maximum Gasteiger partial charge on any atom is 0.0575 e. The Balaban J connectivity index is 3.41. The standard InChI is InChI=1S/C39H75Cl/c1-4-6-8-10-12-14-16-18-20-22-24-26-28-30-32-34-36-38(3)39(40)37-35-33-31-29-27-25-23-21-19-17-15-13-11-9-7-5-2/h34-39H,4-33H2,1-3H3. The van der Waals surface area contributed by atoms with E-state index < -0.39 is 0 Å². The molecule has 0 nitrogen and oxygen atoms in total. The molecule has 0 aromatic carbocycles. The van der Waals surface area contributed by atoms with Crippen LogP contribution in [0.3, 0.4) is 0 Å². The summed E-state index contributed by atoms with van der Waals surface area (Å²) in [6, 6.07) is 0. The Morgan fingerprint density at radius 2 is 0.625 bits per heavy atom. The second-order valence-corrected chi connectivity index (χ2v) is 13.4. The van der Waals surface area contributed by atoms with Gasteiger partial charge in [0.1, 0.15) is 0 Å². The molecule has 0 fully saturated rings. The Labute approximate surface area is 260 Å². The normalized spacial score (nSPS) is 13.6. The third kappa shape index (κ3) is 32.3. The van der Waals surface area contributed by atoms with Gasteiger partial charge in [0.2, 0.25) is 0 Å². The summed E-state index contributed by atoms with van der Waals surface area (Å²) in [7, 11) is 0. The molecule has 0 aliphatic rings. The highest BCUT2D eigenvalue weighted by molar-refractivity contribution is 6.22. The van der Waals surface area contributed by atoms with Crippen LogP contribution < -0.4 is 0 Å². The number of unbranched alkanes of at least 4 members (excludes halogenated alkanes) is 28. The fourth-order valence-electron chi connectivity index (χ4n) is 5.73. The van der Waals surface area contributed by atoms with E-state index in [2.05, 4.69) is 45.1 Å². The van der Waals surface area contributed by atoms with Gasteiger partial charge in [0.25, 0.3) is 0 Å². The molecule has 238 valence electrons. The monoisotopic (exact) mass is 579 g/mol. The van der Waals surface area contributed by atoms with Crippen molar-refractivity contribution in [2.75, 3.05) is 0 Å². The maximum atomic E-state index is 6.63. The van der Waals surface area contributed by atoms with E-state index in [1.54, 1.807) is 0 Å². The largest absolute Gasteiger partial charge is 0.118 e. The fraction of sp³-hybridized carbons (Fsp3) is 0.897. The molecule has 0 saturated heterocycles. The molecule has 0 spiro atoms. The summed E-state index contributed by atoms with van der Waals surface area (Å²) in [5, 5.41) is 0.138. The molecule has 0 radical (unpaired) electrons. The lowest BCUT2D eigenvalue weighted by molar-refractivity contribution is 0.536. The lowest BCUT2D eigenvalue weighted by Gasteiger charge is -2.09. The third-order valence-corrected chi connectivity index (χ3v) is 9.25. The van der Waals surface area contributed by atoms with E-state index in [4.69, 9.17) is 11.6 Å². The minimum atomic E-state index is 0.138. The molecule has 0 saturated carbocycles. The molecule has 0 heterocycles. The maximum absolute atomic E-state index is 6.63. The highest BCUT2D eigenvalue weighted by Crippen LogP contribution is 2.17. The zero-order chi connectivity index (χ0) is 29.2. The Kier molecular flexibility index (Phi) is 34.8. The SMILES string of the molecule is CCCCCCCCCCCCCCCCC=CC(C)C(Cl)C=CCCCCCCCCCCCCCCCC. The first-order chi connectivity index (χ1) is 19.7. The summed E-state index contributed by atoms with van der Waals surface area (Å²) in [6.07, 6.45) is 51.7. The number of rotatable bonds is 33. The van der Waals surface area contributed by atoms with Crippen molar-refractivity contribution in [1.82, 2.24) is 0 Å². The van der Waals surface area contributed by atoms with Crippen LogP contribution in [0, 0.1) is 5.92 Å². The van der Waals surface area contributed by atoms with Crippen LogP contribution in [0.2, 0.25) is 0 Å². The Hall–Kier alpha value is -0.230. The molecule has 0 aliphatic heterocycles. The number of hydrogen-bond donors (Lipinski definition) is 0. The van der Waals surface area contributed by atoms with Gasteiger partial charge in [0.05, 0.1) is 5.38 Å². The van der Waals surface area contributed by atoms with E-state index in [1.165, 1.54) is 193 Å². The van der Waals surface area contributed by atoms with Gasteiger partial charge in [0, 0.05) is 0 Å². The molecule has 0 rings (SSSR count). The van der Waals surface area contributed by atoms with Gasteiger partial charge in [-0.2, -0.15) is 0 Å². The number of halogens is 1. The van der Waals surface area contributed by atoms with E-state index in [-0.39, 0.29) is 5.38 Å². The number of alkyl halides is 1. The third-order valence-electron chi connectivity index (χ3n) is 8.71. The molecule has 0 aromatic heterocycles. The molecule has 0 N–H and O–H groups in total. The van der Waals surface area contributed by atoms with E-state index >= 15 is 0 Å². The second-order valence-electron chi connectivity index (χ2n) is 12.9. The van der Waals surface area contributed by atoms with Crippen molar-refractivity contribution in [1.29, 1.82) is 0 Å². The van der Waals surface area contributed by atoms with Gasteiger partial charge in [-0.1, -0.05) is 212 Å². The Bertz CT molecular complexity index is 461. The molecule has 0 amide bonds. The van der Waals surface area contributed by atoms with E-state index in [9.17, 15) is 0 Å². The average Bonchev–Trinajstić information content (AvgIpc) is 2.96. The molecule has 40 heavy (non-hydrogen) atoms. The van der Waals surface area contributed by atoms with Gasteiger partial charge < -0.3 is 0 Å². The smallest absolute Gasteiger partial charge is 0.0575 e. The van der Waals surface area contributed by atoms with Crippen molar-refractivity contribution >= 4 is 11.6 Å². The lowest BCUT2D eigenvalue weighted by Crippen LogP contribution is -2.05. The van der Waals surface area contributed by atoms with Crippen LogP contribution >= 0.6 is 11.6 Å². The van der Waals surface area contributed by atoms with Crippen LogP contribution in [0.25, 0.3) is 0 Å². The van der Waals surface area contributed by atoms with Crippen molar-refractivity contribution in [2.24, 2.45) is 5.92 Å². The van der Waals surface area contributed by atoms with Crippen molar-refractivity contribution < 1.29 is 0 Å². The van der Waals surface area contributed by atoms with E-state index in [0.717, 1.165) is 0 Å². The van der Waals surface area contributed by atoms with Crippen molar-refractivity contribution in [2.45, 2.75) is 219 Å². The predicted molar refractivity (Wildman–Crippen MR) is 187 cm³/mol. The number of hydrogen-bond acceptors (Lipinski definition) is 0. The van der Waals surface area contributed by atoms with Gasteiger partial charge >= 0.3 is 0 Å². The molecule has 0 bridgehead atoms. The molecular weight excluding hydrogens is 504 g/mol. The quantitative estimate of drug-likeness (QED) is 0.0412. The molecule has 0 aromatic rings. The molecule has 1 heteroatoms. The molecule has 2 unspecified atom stereocenters. The van der Waals surface area contributed by atoms with Gasteiger partial charge in [-0.25, -0.2) is 0 Å². The van der Waals surface area contributed by atoms with E-state index in [0.29, 0.717) is 5.92 Å². The molecule has 2 atom stereocenters. The highest BCUT2D eigenvalue weighted by atomic mass is 35.5. The van der Waals surface area contributed by atoms with Gasteiger partial charge in [0.15, 0.2) is 0 Å². The molecular formula is C39H75Cl. The van der Waals surface area contributed by atoms with Crippen LogP contribution in [-0.2, 0) is 0 Å². The summed E-state index contributed by atoms with van der Waals surface area (Å²) in [5.41, 5.74) is 0. The van der Waals surface area contributed by atoms with Gasteiger partial charge in [-0.15, -0.1) is 11.6 Å². The first-order valence-corrected chi connectivity index (χ1v) is 19.1. The predicted octanol–water partition coefficient (Wildman–Crippen LogP) is 15.1. The van der Waals surface area contributed by atoms with E-state index in [1.807, 2.05) is 0 Å². The first kappa shape index (κ1) is 39.8. The van der Waals surface area contributed by atoms with Crippen LogP contribution in [0.4, 0.5) is 0 Å². The number of allylic oxidation sites excluding steroid dienone is 4. The van der Waals surface area contributed by atoms with Crippen molar-refractivity contribution in [3.63, 3.8) is 0 Å². The van der Waals surface area contributed by atoms with Gasteiger partial charge in [-0.05, 0) is 31.6 Å². The minimum absolute atomic E-state index is 0.138. The van der Waals surface area contributed by atoms with Crippen LogP contribution in [0.5, 0.6) is 0 Å². The van der Waals surface area contributed by atoms with Gasteiger partial charge in [-0.3, -0.25) is 0 Å². The Morgan fingerprint density at radius 3 is 0.925 bits per heavy atom. The minimum Gasteiger partial charge on any atom is -0.118 e.